The molecule has 0 aromatic heterocycles. The highest BCUT2D eigenvalue weighted by atomic mass is 16.5. The van der Waals surface area contributed by atoms with E-state index in [1.54, 1.807) is 12.1 Å². The molecule has 0 aliphatic carbocycles. The van der Waals surface area contributed by atoms with Gasteiger partial charge in [-0.25, -0.2) is 4.79 Å². The molecular formula is C26H30N4O5. The molecule has 184 valence electrons. The Morgan fingerprint density at radius 3 is 2.63 bits per heavy atom. The summed E-state index contributed by atoms with van der Waals surface area (Å²) in [5.41, 5.74) is 3.10. The van der Waals surface area contributed by atoms with Crippen LogP contribution in [0.5, 0.6) is 11.5 Å². The number of benzene rings is 2. The molecule has 4 amide bonds. The van der Waals surface area contributed by atoms with Crippen LogP contribution in [0.15, 0.2) is 48.5 Å². The van der Waals surface area contributed by atoms with Crippen LogP contribution in [-0.4, -0.2) is 54.1 Å². The molecule has 0 bridgehead atoms. The van der Waals surface area contributed by atoms with Crippen LogP contribution in [0, 0.1) is 0 Å². The summed E-state index contributed by atoms with van der Waals surface area (Å²) >= 11 is 0. The average molecular weight is 479 g/mol. The summed E-state index contributed by atoms with van der Waals surface area (Å²) < 4.78 is 11.6. The highest BCUT2D eigenvalue weighted by Crippen LogP contribution is 2.38. The van der Waals surface area contributed by atoms with Gasteiger partial charge >= 0.3 is 6.03 Å². The normalized spacial score (nSPS) is 24.3. The van der Waals surface area contributed by atoms with Crippen molar-refractivity contribution in [3.05, 3.63) is 59.7 Å². The molecule has 2 saturated heterocycles. The minimum atomic E-state index is -1.19. The van der Waals surface area contributed by atoms with Crippen molar-refractivity contribution in [3.63, 3.8) is 0 Å². The quantitative estimate of drug-likeness (QED) is 0.620. The van der Waals surface area contributed by atoms with Crippen molar-refractivity contribution in [1.29, 1.82) is 0 Å². The number of fused-ring (bicyclic) bond motifs is 1. The number of rotatable bonds is 6. The van der Waals surface area contributed by atoms with Crippen molar-refractivity contribution in [2.75, 3.05) is 26.3 Å². The minimum absolute atomic E-state index is 0.0417. The van der Waals surface area contributed by atoms with Gasteiger partial charge in [-0.2, -0.15) is 5.01 Å². The molecule has 2 aromatic carbocycles. The Balaban J connectivity index is 1.27. The summed E-state index contributed by atoms with van der Waals surface area (Å²) in [4.78, 5) is 41.0. The van der Waals surface area contributed by atoms with E-state index in [0.717, 1.165) is 47.9 Å². The smallest absolute Gasteiger partial charge is 0.344 e. The van der Waals surface area contributed by atoms with Crippen molar-refractivity contribution in [1.82, 2.24) is 20.7 Å². The first-order valence-electron chi connectivity index (χ1n) is 12.2. The summed E-state index contributed by atoms with van der Waals surface area (Å²) in [5.74, 6) is 0.581. The fourth-order valence-corrected chi connectivity index (χ4v) is 5.16. The third kappa shape index (κ3) is 4.32. The second kappa shape index (κ2) is 9.58. The molecule has 0 radical (unpaired) electrons. The Morgan fingerprint density at radius 1 is 1.09 bits per heavy atom. The first-order valence-corrected chi connectivity index (χ1v) is 12.2. The van der Waals surface area contributed by atoms with Crippen molar-refractivity contribution < 1.29 is 23.9 Å². The lowest BCUT2D eigenvalue weighted by Gasteiger charge is -2.27. The molecule has 2 atom stereocenters. The molecule has 3 aliphatic heterocycles. The van der Waals surface area contributed by atoms with Gasteiger partial charge in [0.2, 0.25) is 0 Å². The largest absolute Gasteiger partial charge is 0.490 e. The SMILES string of the molecule is CCC1(c2ccccc2)NC(=O)N(NC(=O)CN2CCCC2c2ccc3c(c2)OCCCO3)C1=O. The van der Waals surface area contributed by atoms with E-state index in [9.17, 15) is 14.4 Å². The van der Waals surface area contributed by atoms with Gasteiger partial charge in [-0.15, -0.1) is 0 Å². The van der Waals surface area contributed by atoms with E-state index >= 15 is 0 Å². The predicted octanol–water partition coefficient (Wildman–Crippen LogP) is 2.87. The monoisotopic (exact) mass is 478 g/mol. The van der Waals surface area contributed by atoms with Crippen molar-refractivity contribution in [3.8, 4) is 11.5 Å². The maximum Gasteiger partial charge on any atom is 0.344 e. The molecule has 0 saturated carbocycles. The highest BCUT2D eigenvalue weighted by molar-refractivity contribution is 6.08. The number of nitrogens with one attached hydrogen (secondary N) is 2. The fraction of sp³-hybridized carbons (Fsp3) is 0.423. The summed E-state index contributed by atoms with van der Waals surface area (Å²) in [6, 6.07) is 14.4. The van der Waals surface area contributed by atoms with E-state index in [-0.39, 0.29) is 12.6 Å². The second-order valence-electron chi connectivity index (χ2n) is 9.12. The third-order valence-electron chi connectivity index (χ3n) is 6.99. The van der Waals surface area contributed by atoms with Crippen LogP contribution >= 0.6 is 0 Å². The number of hydrogen-bond acceptors (Lipinski definition) is 6. The van der Waals surface area contributed by atoms with E-state index in [1.165, 1.54) is 0 Å². The number of hydrogen-bond donors (Lipinski definition) is 2. The Morgan fingerprint density at radius 2 is 1.86 bits per heavy atom. The van der Waals surface area contributed by atoms with E-state index in [0.29, 0.717) is 25.2 Å². The van der Waals surface area contributed by atoms with Gasteiger partial charge in [0.25, 0.3) is 11.8 Å². The molecule has 9 heteroatoms. The molecule has 0 spiro atoms. The van der Waals surface area contributed by atoms with E-state index < -0.39 is 23.4 Å². The lowest BCUT2D eigenvalue weighted by molar-refractivity contribution is -0.140. The molecule has 5 rings (SSSR count). The van der Waals surface area contributed by atoms with Gasteiger partial charge in [0.05, 0.1) is 19.8 Å². The van der Waals surface area contributed by atoms with Crippen LogP contribution in [0.2, 0.25) is 0 Å². The Labute approximate surface area is 204 Å². The van der Waals surface area contributed by atoms with Gasteiger partial charge in [0.15, 0.2) is 11.5 Å². The van der Waals surface area contributed by atoms with E-state index in [2.05, 4.69) is 15.6 Å². The summed E-state index contributed by atoms with van der Waals surface area (Å²) in [5, 5.41) is 3.60. The number of nitrogens with zero attached hydrogens (tertiary/aromatic N) is 2. The van der Waals surface area contributed by atoms with Gasteiger partial charge in [0, 0.05) is 12.5 Å². The van der Waals surface area contributed by atoms with Crippen LogP contribution in [0.3, 0.4) is 0 Å². The number of ether oxygens (including phenoxy) is 2. The zero-order chi connectivity index (χ0) is 24.4. The lowest BCUT2D eigenvalue weighted by Crippen LogP contribution is -2.51. The standard InChI is InChI=1S/C26H30N4O5/c1-2-26(19-8-4-3-5-9-19)24(32)30(25(33)27-26)28-23(31)17-29-13-6-10-20(29)18-11-12-21-22(16-18)35-15-7-14-34-21/h3-5,8-9,11-12,16,20H,2,6-7,10,13-15,17H2,1H3,(H,27,33)(H,28,31). The molecule has 2 aromatic rings. The zero-order valence-corrected chi connectivity index (χ0v) is 19.8. The highest BCUT2D eigenvalue weighted by Gasteiger charge is 2.52. The Bertz CT molecular complexity index is 1120. The van der Waals surface area contributed by atoms with Gasteiger partial charge in [-0.3, -0.25) is 19.9 Å². The van der Waals surface area contributed by atoms with Crippen LogP contribution in [0.25, 0.3) is 0 Å². The Hall–Kier alpha value is -3.59. The summed E-state index contributed by atoms with van der Waals surface area (Å²) in [7, 11) is 0. The maximum absolute atomic E-state index is 13.3. The van der Waals surface area contributed by atoms with Crippen molar-refractivity contribution in [2.24, 2.45) is 0 Å². The predicted molar refractivity (Wildman–Crippen MR) is 128 cm³/mol. The van der Waals surface area contributed by atoms with Gasteiger partial charge in [-0.05, 0) is 49.1 Å². The molecule has 2 unspecified atom stereocenters. The summed E-state index contributed by atoms with van der Waals surface area (Å²) in [6.07, 6.45) is 3.06. The Kier molecular flexibility index (Phi) is 6.34. The van der Waals surface area contributed by atoms with Gasteiger partial charge in [0.1, 0.15) is 5.54 Å². The molecular weight excluding hydrogens is 448 g/mol. The number of carbonyl (C=O) groups is 3. The lowest BCUT2D eigenvalue weighted by atomic mass is 9.87. The van der Waals surface area contributed by atoms with E-state index in [4.69, 9.17) is 9.47 Å². The number of likely N-dealkylation sites (tertiary alicyclic amines) is 1. The van der Waals surface area contributed by atoms with Crippen LogP contribution < -0.4 is 20.2 Å². The third-order valence-corrected chi connectivity index (χ3v) is 6.99. The van der Waals surface area contributed by atoms with E-state index in [1.807, 2.05) is 43.3 Å². The number of hydrazine groups is 1. The number of imide groups is 1. The van der Waals surface area contributed by atoms with Crippen molar-refractivity contribution >= 4 is 17.8 Å². The molecule has 9 nitrogen and oxygen atoms in total. The number of amides is 4. The molecule has 2 fully saturated rings. The minimum Gasteiger partial charge on any atom is -0.490 e. The topological polar surface area (TPSA) is 100 Å². The van der Waals surface area contributed by atoms with Crippen LogP contribution in [0.1, 0.15) is 49.8 Å². The van der Waals surface area contributed by atoms with Gasteiger partial charge in [-0.1, -0.05) is 43.3 Å². The maximum atomic E-state index is 13.3. The average Bonchev–Trinajstić information content (AvgIpc) is 3.32. The first kappa shape index (κ1) is 23.2. The first-order chi connectivity index (χ1) is 17.0. The van der Waals surface area contributed by atoms with Gasteiger partial charge < -0.3 is 14.8 Å². The molecule has 35 heavy (non-hydrogen) atoms. The summed E-state index contributed by atoms with van der Waals surface area (Å²) in [6.45, 7) is 3.90. The number of carbonyl (C=O) groups excluding carboxylic acids is 3. The molecule has 3 heterocycles. The molecule has 2 N–H and O–H groups in total. The number of urea groups is 1. The van der Waals surface area contributed by atoms with Crippen LogP contribution in [-0.2, 0) is 15.1 Å². The van der Waals surface area contributed by atoms with Crippen molar-refractivity contribution in [2.45, 2.75) is 44.2 Å². The fourth-order valence-electron chi connectivity index (χ4n) is 5.16. The second-order valence-corrected chi connectivity index (χ2v) is 9.12. The molecule has 3 aliphatic rings. The zero-order valence-electron chi connectivity index (χ0n) is 19.8. The van der Waals surface area contributed by atoms with Crippen LogP contribution in [0.4, 0.5) is 4.79 Å².